The molecule has 0 bridgehead atoms. The van der Waals surface area contributed by atoms with E-state index >= 15 is 0 Å². The van der Waals surface area contributed by atoms with E-state index in [0.29, 0.717) is 56.1 Å². The van der Waals surface area contributed by atoms with Crippen molar-refractivity contribution in [1.82, 2.24) is 15.5 Å². The van der Waals surface area contributed by atoms with Gasteiger partial charge >= 0.3 is 0 Å². The van der Waals surface area contributed by atoms with Crippen LogP contribution in [0.1, 0.15) is 45.1 Å². The molecule has 1 aromatic carbocycles. The lowest BCUT2D eigenvalue weighted by Gasteiger charge is -2.35. The van der Waals surface area contributed by atoms with Gasteiger partial charge in [-0.25, -0.2) is 4.39 Å². The fourth-order valence-corrected chi connectivity index (χ4v) is 3.97. The highest BCUT2D eigenvalue weighted by atomic mass is 19.1. The molecule has 0 spiro atoms. The number of rotatable bonds is 4. The second kappa shape index (κ2) is 11.8. The van der Waals surface area contributed by atoms with E-state index in [9.17, 15) is 14.0 Å². The summed E-state index contributed by atoms with van der Waals surface area (Å²) in [6, 6.07) is 5.05. The molecule has 1 unspecified atom stereocenters. The van der Waals surface area contributed by atoms with Crippen molar-refractivity contribution in [3.63, 3.8) is 0 Å². The lowest BCUT2D eigenvalue weighted by Crippen LogP contribution is -2.48. The zero-order valence-corrected chi connectivity index (χ0v) is 19.0. The van der Waals surface area contributed by atoms with Crippen molar-refractivity contribution in [3.05, 3.63) is 29.6 Å². The molecule has 2 fully saturated rings. The number of piperidine rings is 1. The molecule has 32 heavy (non-hydrogen) atoms. The standard InChI is InChI=1S/C18H23FN4O3.C5H11N/c1-12(24)20-11-15-10-17(21-26-15)14-3-4-18(16(19)9-14)23-7-5-22(6-8-23)13(2)25;1-2-4-6-5-3-1/h3-4,9,15H,5-8,10-11H2,1-2H3,(H,20,24);6H,1-5H2. The summed E-state index contributed by atoms with van der Waals surface area (Å²) in [4.78, 5) is 31.4. The molecular weight excluding hydrogens is 413 g/mol. The second-order valence-corrected chi connectivity index (χ2v) is 8.38. The van der Waals surface area contributed by atoms with Crippen molar-refractivity contribution in [2.75, 3.05) is 50.7 Å². The summed E-state index contributed by atoms with van der Waals surface area (Å²) in [5, 5.41) is 9.99. The molecule has 9 heteroatoms. The molecule has 2 saturated heterocycles. The van der Waals surface area contributed by atoms with Crippen LogP contribution in [-0.4, -0.2) is 74.3 Å². The average molecular weight is 448 g/mol. The van der Waals surface area contributed by atoms with Gasteiger partial charge in [0, 0.05) is 52.0 Å². The molecule has 3 aliphatic heterocycles. The summed E-state index contributed by atoms with van der Waals surface area (Å²) in [7, 11) is 0. The highest BCUT2D eigenvalue weighted by Gasteiger charge is 2.25. The summed E-state index contributed by atoms with van der Waals surface area (Å²) >= 11 is 0. The lowest BCUT2D eigenvalue weighted by atomic mass is 10.0. The maximum atomic E-state index is 14.6. The number of anilines is 1. The van der Waals surface area contributed by atoms with Crippen LogP contribution in [0.2, 0.25) is 0 Å². The van der Waals surface area contributed by atoms with Crippen LogP contribution in [0.3, 0.4) is 0 Å². The first-order valence-electron chi connectivity index (χ1n) is 11.4. The van der Waals surface area contributed by atoms with Crippen molar-refractivity contribution in [2.24, 2.45) is 5.16 Å². The third-order valence-electron chi connectivity index (χ3n) is 5.87. The van der Waals surface area contributed by atoms with Crippen LogP contribution >= 0.6 is 0 Å². The Balaban J connectivity index is 0.000000416. The predicted octanol–water partition coefficient (Wildman–Crippen LogP) is 1.88. The lowest BCUT2D eigenvalue weighted by molar-refractivity contribution is -0.129. The van der Waals surface area contributed by atoms with Crippen molar-refractivity contribution in [3.8, 4) is 0 Å². The van der Waals surface area contributed by atoms with Gasteiger partial charge < -0.3 is 25.3 Å². The fourth-order valence-electron chi connectivity index (χ4n) is 3.97. The fraction of sp³-hybridized carbons (Fsp3) is 0.609. The van der Waals surface area contributed by atoms with E-state index in [0.717, 1.165) is 0 Å². The second-order valence-electron chi connectivity index (χ2n) is 8.38. The number of benzene rings is 1. The summed E-state index contributed by atoms with van der Waals surface area (Å²) < 4.78 is 14.6. The highest BCUT2D eigenvalue weighted by Crippen LogP contribution is 2.24. The third kappa shape index (κ3) is 6.91. The van der Waals surface area contributed by atoms with Crippen molar-refractivity contribution in [1.29, 1.82) is 0 Å². The average Bonchev–Trinajstić information content (AvgIpc) is 3.28. The Morgan fingerprint density at radius 2 is 1.88 bits per heavy atom. The van der Waals surface area contributed by atoms with Crippen LogP contribution in [0.15, 0.2) is 23.4 Å². The Bertz CT molecular complexity index is 808. The van der Waals surface area contributed by atoms with Gasteiger partial charge in [-0.2, -0.15) is 0 Å². The van der Waals surface area contributed by atoms with Gasteiger partial charge in [0.15, 0.2) is 0 Å². The summed E-state index contributed by atoms with van der Waals surface area (Å²) in [6.07, 6.45) is 4.51. The van der Waals surface area contributed by atoms with E-state index < -0.39 is 0 Å². The van der Waals surface area contributed by atoms with Gasteiger partial charge in [-0.05, 0) is 38.1 Å². The van der Waals surface area contributed by atoms with Gasteiger partial charge in [-0.3, -0.25) is 9.59 Å². The molecule has 0 aliphatic carbocycles. The summed E-state index contributed by atoms with van der Waals surface area (Å²) in [5.74, 6) is -0.386. The normalized spacial score (nSPS) is 20.6. The van der Waals surface area contributed by atoms with Crippen molar-refractivity contribution < 1.29 is 18.8 Å². The quantitative estimate of drug-likeness (QED) is 0.736. The molecule has 0 aromatic heterocycles. The molecule has 8 nitrogen and oxygen atoms in total. The van der Waals surface area contributed by atoms with Crippen LogP contribution < -0.4 is 15.5 Å². The van der Waals surface area contributed by atoms with Gasteiger partial charge in [0.1, 0.15) is 11.9 Å². The maximum Gasteiger partial charge on any atom is 0.219 e. The van der Waals surface area contributed by atoms with E-state index in [2.05, 4.69) is 15.8 Å². The van der Waals surface area contributed by atoms with Crippen LogP contribution in [0, 0.1) is 5.82 Å². The van der Waals surface area contributed by atoms with Gasteiger partial charge in [-0.15, -0.1) is 0 Å². The van der Waals surface area contributed by atoms with Crippen LogP contribution in [-0.2, 0) is 14.4 Å². The minimum absolute atomic E-state index is 0.0496. The topological polar surface area (TPSA) is 86.3 Å². The Morgan fingerprint density at radius 3 is 2.41 bits per heavy atom. The number of hydrogen-bond donors (Lipinski definition) is 2. The molecule has 2 amide bonds. The van der Waals surface area contributed by atoms with Crippen molar-refractivity contribution >= 4 is 23.2 Å². The molecule has 1 aromatic rings. The number of nitrogens with one attached hydrogen (secondary N) is 2. The molecule has 0 saturated carbocycles. The molecule has 3 heterocycles. The molecule has 0 radical (unpaired) electrons. The molecule has 2 N–H and O–H groups in total. The smallest absolute Gasteiger partial charge is 0.219 e. The number of carbonyl (C=O) groups excluding carboxylic acids is 2. The molecule has 4 rings (SSSR count). The first-order chi connectivity index (χ1) is 15.4. The molecule has 3 aliphatic rings. The van der Waals surface area contributed by atoms with Crippen molar-refractivity contribution in [2.45, 2.75) is 45.6 Å². The first-order valence-corrected chi connectivity index (χ1v) is 11.4. The van der Waals surface area contributed by atoms with E-state index in [1.54, 1.807) is 17.9 Å². The van der Waals surface area contributed by atoms with Crippen LogP contribution in [0.5, 0.6) is 0 Å². The molecular formula is C23H34FN5O3. The molecule has 1 atom stereocenters. The summed E-state index contributed by atoms with van der Waals surface area (Å²) in [6.45, 7) is 8.29. The van der Waals surface area contributed by atoms with Gasteiger partial charge in [-0.1, -0.05) is 17.6 Å². The zero-order valence-electron chi connectivity index (χ0n) is 19.0. The third-order valence-corrected chi connectivity index (χ3v) is 5.87. The minimum atomic E-state index is -0.313. The summed E-state index contributed by atoms with van der Waals surface area (Å²) in [5.41, 5.74) is 1.89. The van der Waals surface area contributed by atoms with Gasteiger partial charge in [0.2, 0.25) is 11.8 Å². The van der Waals surface area contributed by atoms with Gasteiger partial charge in [0.25, 0.3) is 0 Å². The Morgan fingerprint density at radius 1 is 1.16 bits per heavy atom. The number of piperazine rings is 1. The van der Waals surface area contributed by atoms with Crippen LogP contribution in [0.25, 0.3) is 0 Å². The van der Waals surface area contributed by atoms with Gasteiger partial charge in [0.05, 0.1) is 17.9 Å². The number of nitrogens with zero attached hydrogens (tertiary/aromatic N) is 3. The van der Waals surface area contributed by atoms with Crippen LogP contribution in [0.4, 0.5) is 10.1 Å². The number of hydrogen-bond acceptors (Lipinski definition) is 6. The number of halogens is 1. The number of oxime groups is 1. The Labute approximate surface area is 189 Å². The van der Waals surface area contributed by atoms with E-state index in [1.807, 2.05) is 11.0 Å². The van der Waals surface area contributed by atoms with E-state index in [4.69, 9.17) is 4.84 Å². The SMILES string of the molecule is C1CCNCC1.CC(=O)NCC1CC(c2ccc(N3CCN(C(C)=O)CC3)c(F)c2)=NO1. The first kappa shape index (κ1) is 24.0. The minimum Gasteiger partial charge on any atom is -0.390 e. The molecule has 176 valence electrons. The zero-order chi connectivity index (χ0) is 22.9. The predicted molar refractivity (Wildman–Crippen MR) is 122 cm³/mol. The number of carbonyl (C=O) groups is 2. The largest absolute Gasteiger partial charge is 0.390 e. The maximum absolute atomic E-state index is 14.6. The monoisotopic (exact) mass is 447 g/mol. The van der Waals surface area contributed by atoms with E-state index in [1.165, 1.54) is 45.3 Å². The Kier molecular flexibility index (Phi) is 8.84. The number of amides is 2. The van der Waals surface area contributed by atoms with E-state index in [-0.39, 0.29) is 23.7 Å². The Hall–Kier alpha value is -2.68. The highest BCUT2D eigenvalue weighted by molar-refractivity contribution is 6.01.